The lowest BCUT2D eigenvalue weighted by molar-refractivity contribution is -0.123. The van der Waals surface area contributed by atoms with Crippen LogP contribution in [0.4, 0.5) is 0 Å². The highest BCUT2D eigenvalue weighted by molar-refractivity contribution is 5.82. The molecule has 2 atom stereocenters. The number of carbonyl (C=O) groups is 1. The van der Waals surface area contributed by atoms with Gasteiger partial charge in [0, 0.05) is 19.1 Å². The van der Waals surface area contributed by atoms with Crippen molar-refractivity contribution in [1.29, 1.82) is 0 Å². The third-order valence-corrected chi connectivity index (χ3v) is 5.84. The van der Waals surface area contributed by atoms with Crippen molar-refractivity contribution in [2.45, 2.75) is 50.9 Å². The summed E-state index contributed by atoms with van der Waals surface area (Å²) in [5, 5.41) is 3.13. The summed E-state index contributed by atoms with van der Waals surface area (Å²) in [4.78, 5) is 15.2. The molecule has 0 aromatic heterocycles. The summed E-state index contributed by atoms with van der Waals surface area (Å²) >= 11 is 0. The summed E-state index contributed by atoms with van der Waals surface area (Å²) < 4.78 is 0. The van der Waals surface area contributed by atoms with E-state index in [9.17, 15) is 4.79 Å². The second-order valence-electron chi connectivity index (χ2n) is 7.86. The zero-order chi connectivity index (χ0) is 19.2. The van der Waals surface area contributed by atoms with Crippen LogP contribution in [0, 0.1) is 0 Å². The van der Waals surface area contributed by atoms with Crippen molar-refractivity contribution in [3.8, 4) is 0 Å². The van der Waals surface area contributed by atoms with E-state index in [0.717, 1.165) is 13.0 Å². The Morgan fingerprint density at radius 3 is 2.43 bits per heavy atom. The Balaban J connectivity index is 1.31. The van der Waals surface area contributed by atoms with Crippen LogP contribution in [-0.2, 0) is 17.9 Å². The standard InChI is InChI=1S/C23H30N4O/c28-23(22-15-21(25-26-22)18-9-3-1-4-10-18)24-16-19-11-5-6-12-20(19)17-27-13-7-2-8-14-27/h1,3-6,9-12,21-22,25-26H,2,7-8,13-17H2,(H,24,28). The molecule has 148 valence electrons. The number of benzene rings is 2. The molecular weight excluding hydrogens is 348 g/mol. The van der Waals surface area contributed by atoms with Crippen LogP contribution in [0.5, 0.6) is 0 Å². The maximum Gasteiger partial charge on any atom is 0.238 e. The predicted octanol–water partition coefficient (Wildman–Crippen LogP) is 2.90. The number of rotatable bonds is 6. The summed E-state index contributed by atoms with van der Waals surface area (Å²) in [7, 11) is 0. The normalized spacial score (nSPS) is 22.9. The van der Waals surface area contributed by atoms with Crippen molar-refractivity contribution in [1.82, 2.24) is 21.1 Å². The number of nitrogens with one attached hydrogen (secondary N) is 3. The summed E-state index contributed by atoms with van der Waals surface area (Å²) in [6, 6.07) is 18.7. The molecule has 0 bridgehead atoms. The van der Waals surface area contributed by atoms with Crippen LogP contribution in [0.25, 0.3) is 0 Å². The molecule has 0 radical (unpaired) electrons. The number of piperidine rings is 1. The predicted molar refractivity (Wildman–Crippen MR) is 111 cm³/mol. The van der Waals surface area contributed by atoms with Crippen molar-refractivity contribution in [3.63, 3.8) is 0 Å². The Morgan fingerprint density at radius 2 is 1.64 bits per heavy atom. The second kappa shape index (κ2) is 9.32. The summed E-state index contributed by atoms with van der Waals surface area (Å²) in [5.41, 5.74) is 10.1. The molecular formula is C23H30N4O. The molecule has 0 saturated carbocycles. The third-order valence-electron chi connectivity index (χ3n) is 5.84. The highest BCUT2D eigenvalue weighted by Crippen LogP contribution is 2.22. The number of amides is 1. The van der Waals surface area contributed by atoms with Crippen molar-refractivity contribution < 1.29 is 4.79 Å². The molecule has 0 aliphatic carbocycles. The minimum absolute atomic E-state index is 0.0544. The third kappa shape index (κ3) is 4.79. The van der Waals surface area contributed by atoms with Crippen molar-refractivity contribution in [3.05, 3.63) is 71.3 Å². The van der Waals surface area contributed by atoms with Crippen LogP contribution in [0.15, 0.2) is 54.6 Å². The Bertz CT molecular complexity index is 773. The van der Waals surface area contributed by atoms with Gasteiger partial charge in [0.05, 0.1) is 0 Å². The first-order valence-corrected chi connectivity index (χ1v) is 10.4. The van der Waals surface area contributed by atoms with Gasteiger partial charge in [0.1, 0.15) is 6.04 Å². The molecule has 28 heavy (non-hydrogen) atoms. The number of nitrogens with zero attached hydrogens (tertiary/aromatic N) is 1. The average molecular weight is 379 g/mol. The lowest BCUT2D eigenvalue weighted by atomic mass is 10.0. The van der Waals surface area contributed by atoms with Crippen LogP contribution in [0.3, 0.4) is 0 Å². The fraction of sp³-hybridized carbons (Fsp3) is 0.435. The zero-order valence-electron chi connectivity index (χ0n) is 16.4. The molecule has 2 unspecified atom stereocenters. The fourth-order valence-electron chi connectivity index (χ4n) is 4.18. The second-order valence-corrected chi connectivity index (χ2v) is 7.86. The molecule has 0 spiro atoms. The average Bonchev–Trinajstić information content (AvgIpc) is 3.25. The number of hydrogen-bond acceptors (Lipinski definition) is 4. The van der Waals surface area contributed by atoms with Gasteiger partial charge in [-0.15, -0.1) is 0 Å². The van der Waals surface area contributed by atoms with Gasteiger partial charge in [0.15, 0.2) is 0 Å². The van der Waals surface area contributed by atoms with E-state index in [1.165, 1.54) is 49.0 Å². The van der Waals surface area contributed by atoms with E-state index in [-0.39, 0.29) is 18.0 Å². The van der Waals surface area contributed by atoms with E-state index >= 15 is 0 Å². The van der Waals surface area contributed by atoms with Crippen molar-refractivity contribution in [2.75, 3.05) is 13.1 Å². The molecule has 5 nitrogen and oxygen atoms in total. The van der Waals surface area contributed by atoms with Gasteiger partial charge >= 0.3 is 0 Å². The van der Waals surface area contributed by atoms with E-state index < -0.39 is 0 Å². The van der Waals surface area contributed by atoms with Gasteiger partial charge < -0.3 is 5.32 Å². The smallest absolute Gasteiger partial charge is 0.238 e. The molecule has 2 aromatic rings. The van der Waals surface area contributed by atoms with Crippen LogP contribution in [0.1, 0.15) is 48.4 Å². The van der Waals surface area contributed by atoms with Gasteiger partial charge in [-0.25, -0.2) is 10.9 Å². The molecule has 2 aromatic carbocycles. The minimum atomic E-state index is -0.209. The van der Waals surface area contributed by atoms with Gasteiger partial charge in [-0.1, -0.05) is 61.0 Å². The first-order valence-electron chi connectivity index (χ1n) is 10.4. The highest BCUT2D eigenvalue weighted by Gasteiger charge is 2.29. The SMILES string of the molecule is O=C(NCc1ccccc1CN1CCCCC1)C1CC(c2ccccc2)NN1. The monoisotopic (exact) mass is 378 g/mol. The molecule has 2 fully saturated rings. The fourth-order valence-corrected chi connectivity index (χ4v) is 4.18. The molecule has 2 aliphatic heterocycles. The van der Waals surface area contributed by atoms with E-state index in [4.69, 9.17) is 0 Å². The number of carbonyl (C=O) groups excluding carboxylic acids is 1. The number of hydrogen-bond donors (Lipinski definition) is 3. The van der Waals surface area contributed by atoms with E-state index in [2.05, 4.69) is 57.5 Å². The molecule has 2 aliphatic rings. The van der Waals surface area contributed by atoms with Crippen LogP contribution < -0.4 is 16.2 Å². The van der Waals surface area contributed by atoms with Crippen LogP contribution in [0.2, 0.25) is 0 Å². The molecule has 5 heteroatoms. The quantitative estimate of drug-likeness (QED) is 0.723. The summed E-state index contributed by atoms with van der Waals surface area (Å²) in [6.07, 6.45) is 4.69. The van der Waals surface area contributed by atoms with Crippen LogP contribution in [-0.4, -0.2) is 29.9 Å². The van der Waals surface area contributed by atoms with E-state index in [1.807, 2.05) is 18.2 Å². The van der Waals surface area contributed by atoms with Crippen molar-refractivity contribution in [2.24, 2.45) is 0 Å². The van der Waals surface area contributed by atoms with Crippen molar-refractivity contribution >= 4 is 5.91 Å². The first-order chi connectivity index (χ1) is 13.8. The minimum Gasteiger partial charge on any atom is -0.351 e. The maximum absolute atomic E-state index is 12.7. The Morgan fingerprint density at radius 1 is 0.929 bits per heavy atom. The molecule has 4 rings (SSSR count). The number of hydrazine groups is 1. The first kappa shape index (κ1) is 19.1. The van der Waals surface area contributed by atoms with E-state index in [1.54, 1.807) is 0 Å². The van der Waals surface area contributed by atoms with Gasteiger partial charge in [-0.05, 0) is 49.0 Å². The van der Waals surface area contributed by atoms with Crippen LogP contribution >= 0.6 is 0 Å². The van der Waals surface area contributed by atoms with Gasteiger partial charge in [0.25, 0.3) is 0 Å². The molecule has 1 amide bonds. The lowest BCUT2D eigenvalue weighted by Gasteiger charge is -2.27. The number of likely N-dealkylation sites (tertiary alicyclic amines) is 1. The topological polar surface area (TPSA) is 56.4 Å². The largest absolute Gasteiger partial charge is 0.351 e. The Hall–Kier alpha value is -2.21. The highest BCUT2D eigenvalue weighted by atomic mass is 16.2. The van der Waals surface area contributed by atoms with Gasteiger partial charge in [-0.3, -0.25) is 9.69 Å². The molecule has 2 saturated heterocycles. The summed E-state index contributed by atoms with van der Waals surface area (Å²) in [6.45, 7) is 3.92. The van der Waals surface area contributed by atoms with Gasteiger partial charge in [0.2, 0.25) is 5.91 Å². The van der Waals surface area contributed by atoms with Gasteiger partial charge in [-0.2, -0.15) is 0 Å². The maximum atomic E-state index is 12.7. The Kier molecular flexibility index (Phi) is 6.37. The summed E-state index contributed by atoms with van der Waals surface area (Å²) in [5.74, 6) is 0.0544. The molecule has 3 N–H and O–H groups in total. The van der Waals surface area contributed by atoms with E-state index in [0.29, 0.717) is 6.54 Å². The molecule has 2 heterocycles. The zero-order valence-corrected chi connectivity index (χ0v) is 16.4. The Labute approximate surface area is 167 Å². The lowest BCUT2D eigenvalue weighted by Crippen LogP contribution is -2.43.